The lowest BCUT2D eigenvalue weighted by Crippen LogP contribution is -2.63. The number of carbonyl (C=O) groups excluding carboxylic acids is 1. The Balaban J connectivity index is 1.07. The average Bonchev–Trinajstić information content (AvgIpc) is 3.42. The van der Waals surface area contributed by atoms with E-state index in [4.69, 9.17) is 0 Å². The summed E-state index contributed by atoms with van der Waals surface area (Å²) in [7, 11) is 0. The molecule has 7 rings (SSSR count). The third-order valence-corrected chi connectivity index (χ3v) is 15.3. The first-order chi connectivity index (χ1) is 21.4. The normalized spacial score (nSPS) is 40.2. The van der Waals surface area contributed by atoms with Crippen LogP contribution in [-0.2, 0) is 19.3 Å². The molecule has 0 aromatic heterocycles. The van der Waals surface area contributed by atoms with Gasteiger partial charge in [0.1, 0.15) is 5.82 Å². The Kier molecular flexibility index (Phi) is 7.94. The molecular formula is C42H57FO2. The minimum absolute atomic E-state index is 0.0311. The molecule has 1 N–H and O–H groups in total. The standard InChI is InChI=1S/C42H57FO2/c1-27(44)32-25-29(13-15-35(32)43)12-11-28-8-6-9-30(24-28)26-42-20-7-10-34(42)31-14-16-37-40(4,33(31)17-23-42)21-18-36-39(2,3)38(45)19-22-41(36,37)5/h6,8-9,13,15,24-25,31,33-34,36-38,45H,7,10-12,14,16-23,26H2,1-5H3. The molecule has 0 spiro atoms. The van der Waals surface area contributed by atoms with E-state index in [1.165, 1.54) is 94.7 Å². The first-order valence-electron chi connectivity index (χ1n) is 18.4. The summed E-state index contributed by atoms with van der Waals surface area (Å²) in [5.41, 5.74) is 5.38. The van der Waals surface area contributed by atoms with E-state index in [-0.39, 0.29) is 22.9 Å². The van der Waals surface area contributed by atoms with Gasteiger partial charge in [-0.3, -0.25) is 4.79 Å². The van der Waals surface area contributed by atoms with Crippen LogP contribution in [0, 0.1) is 57.1 Å². The number of aliphatic hydroxyl groups excluding tert-OH is 1. The Labute approximate surface area is 272 Å². The van der Waals surface area contributed by atoms with Crippen LogP contribution in [0.4, 0.5) is 4.39 Å². The summed E-state index contributed by atoms with van der Waals surface area (Å²) in [4.78, 5) is 11.8. The summed E-state index contributed by atoms with van der Waals surface area (Å²) in [6.45, 7) is 11.5. The maximum Gasteiger partial charge on any atom is 0.162 e. The number of aliphatic hydroxyl groups is 1. The molecule has 5 fully saturated rings. The predicted octanol–water partition coefficient (Wildman–Crippen LogP) is 10.2. The van der Waals surface area contributed by atoms with Crippen molar-refractivity contribution >= 4 is 5.78 Å². The van der Waals surface area contributed by atoms with E-state index in [1.807, 2.05) is 6.07 Å². The number of hydrogen-bond acceptors (Lipinski definition) is 2. The highest BCUT2D eigenvalue weighted by Crippen LogP contribution is 2.73. The van der Waals surface area contributed by atoms with Crippen LogP contribution in [0.15, 0.2) is 42.5 Å². The van der Waals surface area contributed by atoms with Crippen molar-refractivity contribution in [2.45, 2.75) is 131 Å². The number of halogens is 1. The van der Waals surface area contributed by atoms with E-state index in [1.54, 1.807) is 6.07 Å². The Morgan fingerprint density at radius 3 is 2.29 bits per heavy atom. The summed E-state index contributed by atoms with van der Waals surface area (Å²) in [6, 6.07) is 14.3. The van der Waals surface area contributed by atoms with E-state index >= 15 is 0 Å². The first kappa shape index (κ1) is 31.6. The highest BCUT2D eigenvalue weighted by molar-refractivity contribution is 5.94. The lowest BCUT2D eigenvalue weighted by atomic mass is 9.36. The maximum atomic E-state index is 14.1. The molecule has 9 atom stereocenters. The number of fused-ring (bicyclic) bond motifs is 7. The van der Waals surface area contributed by atoms with Crippen molar-refractivity contribution in [2.24, 2.45) is 51.2 Å². The summed E-state index contributed by atoms with van der Waals surface area (Å²) < 4.78 is 14.1. The molecule has 3 heteroatoms. The molecule has 45 heavy (non-hydrogen) atoms. The van der Waals surface area contributed by atoms with E-state index in [9.17, 15) is 14.3 Å². The molecule has 0 radical (unpaired) electrons. The van der Waals surface area contributed by atoms with Crippen molar-refractivity contribution in [1.82, 2.24) is 0 Å². The maximum absolute atomic E-state index is 14.1. The third kappa shape index (κ3) is 5.08. The van der Waals surface area contributed by atoms with Gasteiger partial charge >= 0.3 is 0 Å². The van der Waals surface area contributed by atoms with E-state index in [0.717, 1.165) is 48.5 Å². The van der Waals surface area contributed by atoms with Crippen molar-refractivity contribution in [3.05, 3.63) is 70.5 Å². The fourth-order valence-corrected chi connectivity index (χ4v) is 13.2. The fraction of sp³-hybridized carbons (Fsp3) is 0.690. The summed E-state index contributed by atoms with van der Waals surface area (Å²) in [5, 5.41) is 11.0. The van der Waals surface area contributed by atoms with Gasteiger partial charge in [0.25, 0.3) is 0 Å². The van der Waals surface area contributed by atoms with Gasteiger partial charge in [0.15, 0.2) is 5.78 Å². The molecular weight excluding hydrogens is 555 g/mol. The van der Waals surface area contributed by atoms with Crippen LogP contribution >= 0.6 is 0 Å². The van der Waals surface area contributed by atoms with Gasteiger partial charge in [0.2, 0.25) is 0 Å². The number of rotatable bonds is 6. The quantitative estimate of drug-likeness (QED) is 0.330. The SMILES string of the molecule is CC(=O)c1cc(CCc2cccc(CC34CCCC3C3CCC5C(C)(CCC6C(C)(C)C(O)CCC65C)C3CC4)c2)ccc1F. The Bertz CT molecular complexity index is 1440. The molecule has 0 aliphatic heterocycles. The van der Waals surface area contributed by atoms with Crippen molar-refractivity contribution < 1.29 is 14.3 Å². The largest absolute Gasteiger partial charge is 0.393 e. The van der Waals surface area contributed by atoms with Gasteiger partial charge < -0.3 is 5.11 Å². The van der Waals surface area contributed by atoms with Crippen molar-refractivity contribution in [3.8, 4) is 0 Å². The van der Waals surface area contributed by atoms with Gasteiger partial charge in [-0.15, -0.1) is 0 Å². The van der Waals surface area contributed by atoms with Gasteiger partial charge in [0, 0.05) is 0 Å². The number of benzene rings is 2. The molecule has 5 aliphatic carbocycles. The second kappa shape index (κ2) is 11.3. The van der Waals surface area contributed by atoms with Crippen LogP contribution < -0.4 is 0 Å². The minimum Gasteiger partial charge on any atom is -0.393 e. The van der Waals surface area contributed by atoms with Crippen molar-refractivity contribution in [3.63, 3.8) is 0 Å². The van der Waals surface area contributed by atoms with Crippen molar-refractivity contribution in [1.29, 1.82) is 0 Å². The zero-order chi connectivity index (χ0) is 31.8. The number of aryl methyl sites for hydroxylation is 2. The molecule has 9 unspecified atom stereocenters. The zero-order valence-electron chi connectivity index (χ0n) is 28.6. The minimum atomic E-state index is -0.421. The molecule has 0 saturated heterocycles. The second-order valence-corrected chi connectivity index (χ2v) is 17.6. The van der Waals surface area contributed by atoms with Crippen LogP contribution in [-0.4, -0.2) is 17.0 Å². The highest BCUT2D eigenvalue weighted by Gasteiger charge is 2.66. The summed E-state index contributed by atoms with van der Waals surface area (Å²) >= 11 is 0. The number of carbonyl (C=O) groups is 1. The lowest BCUT2D eigenvalue weighted by Gasteiger charge is -2.69. The number of ketones is 1. The molecule has 2 aromatic carbocycles. The molecule has 0 heterocycles. The Morgan fingerprint density at radius 2 is 1.51 bits per heavy atom. The molecule has 0 bridgehead atoms. The average molecular weight is 613 g/mol. The Morgan fingerprint density at radius 1 is 0.778 bits per heavy atom. The van der Waals surface area contributed by atoms with Crippen molar-refractivity contribution in [2.75, 3.05) is 0 Å². The predicted molar refractivity (Wildman–Crippen MR) is 181 cm³/mol. The molecule has 5 aliphatic rings. The molecule has 2 aromatic rings. The first-order valence-corrected chi connectivity index (χ1v) is 18.4. The number of hydrogen-bond donors (Lipinski definition) is 1. The molecule has 5 saturated carbocycles. The summed E-state index contributed by atoms with van der Waals surface area (Å²) in [5.74, 6) is 3.41. The Hall–Kier alpha value is -2.00. The van der Waals surface area contributed by atoms with E-state index < -0.39 is 5.82 Å². The zero-order valence-corrected chi connectivity index (χ0v) is 28.6. The van der Waals surface area contributed by atoms with Gasteiger partial charge in [-0.1, -0.05) is 64.4 Å². The third-order valence-electron chi connectivity index (χ3n) is 15.3. The molecule has 2 nitrogen and oxygen atoms in total. The van der Waals surface area contributed by atoms with Crippen LogP contribution in [0.25, 0.3) is 0 Å². The van der Waals surface area contributed by atoms with Gasteiger partial charge in [-0.25, -0.2) is 4.39 Å². The highest BCUT2D eigenvalue weighted by atomic mass is 19.1. The van der Waals surface area contributed by atoms with Gasteiger partial charge in [-0.05, 0) is 170 Å². The van der Waals surface area contributed by atoms with Gasteiger partial charge in [-0.2, -0.15) is 0 Å². The smallest absolute Gasteiger partial charge is 0.162 e. The summed E-state index contributed by atoms with van der Waals surface area (Å²) in [6.07, 6.45) is 17.5. The number of Topliss-reactive ketones (excluding diaryl/α,β-unsaturated/α-hetero) is 1. The topological polar surface area (TPSA) is 37.3 Å². The molecule has 0 amide bonds. The van der Waals surface area contributed by atoms with Crippen LogP contribution in [0.3, 0.4) is 0 Å². The second-order valence-electron chi connectivity index (χ2n) is 17.6. The van der Waals surface area contributed by atoms with Crippen LogP contribution in [0.1, 0.15) is 132 Å². The van der Waals surface area contributed by atoms with Gasteiger partial charge in [0.05, 0.1) is 11.7 Å². The monoisotopic (exact) mass is 612 g/mol. The van der Waals surface area contributed by atoms with Crippen LogP contribution in [0.2, 0.25) is 0 Å². The fourth-order valence-electron chi connectivity index (χ4n) is 13.2. The lowest BCUT2D eigenvalue weighted by molar-refractivity contribution is -0.214. The van der Waals surface area contributed by atoms with Crippen LogP contribution in [0.5, 0.6) is 0 Å². The van der Waals surface area contributed by atoms with E-state index in [2.05, 4.69) is 52.0 Å². The molecule has 244 valence electrons. The van der Waals surface area contributed by atoms with E-state index in [0.29, 0.717) is 22.2 Å².